The number of rotatable bonds is 4. The number of hydrogen-bond acceptors (Lipinski definition) is 3. The summed E-state index contributed by atoms with van der Waals surface area (Å²) >= 11 is 8.10. The van der Waals surface area contributed by atoms with Gasteiger partial charge < -0.3 is 4.90 Å². The van der Waals surface area contributed by atoms with Crippen LogP contribution in [-0.4, -0.2) is 43.0 Å². The average Bonchev–Trinajstić information content (AvgIpc) is 2.54. The second kappa shape index (κ2) is 7.71. The van der Waals surface area contributed by atoms with Gasteiger partial charge in [0.15, 0.2) is 0 Å². The first-order valence-corrected chi connectivity index (χ1v) is 9.24. The smallest absolute Gasteiger partial charge is 0.0410 e. The van der Waals surface area contributed by atoms with Crippen molar-refractivity contribution in [2.45, 2.75) is 23.3 Å². The second-order valence-electron chi connectivity index (χ2n) is 6.20. The van der Waals surface area contributed by atoms with Crippen molar-refractivity contribution in [3.8, 4) is 0 Å². The molecular weight excluding hydrogens is 324 g/mol. The number of piperazine rings is 1. The van der Waals surface area contributed by atoms with Crippen molar-refractivity contribution in [1.82, 2.24) is 9.80 Å². The van der Waals surface area contributed by atoms with E-state index in [0.29, 0.717) is 0 Å². The van der Waals surface area contributed by atoms with Crippen LogP contribution >= 0.6 is 23.4 Å². The summed E-state index contributed by atoms with van der Waals surface area (Å²) in [5.74, 6) is 0. The van der Waals surface area contributed by atoms with E-state index in [9.17, 15) is 0 Å². The standard InChI is InChI=1S/C19H23ClN2S/c1-15-5-3-4-6-18(15)23-19-8-7-17(20)13-16(19)14-22-11-9-21(2)10-12-22/h3-8,13H,9-12,14H2,1-2H3. The van der Waals surface area contributed by atoms with E-state index in [1.807, 2.05) is 17.8 Å². The Hall–Kier alpha value is -1.00. The summed E-state index contributed by atoms with van der Waals surface area (Å²) in [6, 6.07) is 14.8. The van der Waals surface area contributed by atoms with Crippen molar-refractivity contribution < 1.29 is 0 Å². The Bertz CT molecular complexity index is 666. The van der Waals surface area contributed by atoms with Crippen molar-refractivity contribution in [2.24, 2.45) is 0 Å². The normalized spacial score (nSPS) is 16.7. The van der Waals surface area contributed by atoms with Crippen LogP contribution < -0.4 is 0 Å². The fraction of sp³-hybridized carbons (Fsp3) is 0.368. The van der Waals surface area contributed by atoms with Gasteiger partial charge in [0.2, 0.25) is 0 Å². The Labute approximate surface area is 148 Å². The predicted octanol–water partition coefficient (Wildman–Crippen LogP) is 4.55. The molecule has 0 aromatic heterocycles. The van der Waals surface area contributed by atoms with Gasteiger partial charge in [-0.3, -0.25) is 4.90 Å². The van der Waals surface area contributed by atoms with Crippen LogP contribution in [0.1, 0.15) is 11.1 Å². The summed E-state index contributed by atoms with van der Waals surface area (Å²) in [6.45, 7) is 7.66. The van der Waals surface area contributed by atoms with Crippen molar-refractivity contribution in [3.05, 3.63) is 58.6 Å². The molecule has 1 aliphatic rings. The third-order valence-electron chi connectivity index (χ3n) is 4.33. The lowest BCUT2D eigenvalue weighted by molar-refractivity contribution is 0.147. The van der Waals surface area contributed by atoms with Crippen molar-refractivity contribution in [2.75, 3.05) is 33.2 Å². The van der Waals surface area contributed by atoms with Crippen LogP contribution in [0, 0.1) is 6.92 Å². The van der Waals surface area contributed by atoms with Crippen LogP contribution in [0.4, 0.5) is 0 Å². The van der Waals surface area contributed by atoms with Gasteiger partial charge in [0.05, 0.1) is 0 Å². The van der Waals surface area contributed by atoms with E-state index >= 15 is 0 Å². The average molecular weight is 347 g/mol. The van der Waals surface area contributed by atoms with E-state index in [1.54, 1.807) is 0 Å². The van der Waals surface area contributed by atoms with Crippen LogP contribution in [-0.2, 0) is 6.54 Å². The van der Waals surface area contributed by atoms with Crippen molar-refractivity contribution in [3.63, 3.8) is 0 Å². The molecule has 2 nitrogen and oxygen atoms in total. The third-order valence-corrected chi connectivity index (χ3v) is 5.86. The Balaban J connectivity index is 1.79. The summed E-state index contributed by atoms with van der Waals surface area (Å²) < 4.78 is 0. The topological polar surface area (TPSA) is 6.48 Å². The van der Waals surface area contributed by atoms with Gasteiger partial charge in [-0.1, -0.05) is 41.6 Å². The zero-order valence-corrected chi connectivity index (χ0v) is 15.3. The molecule has 4 heteroatoms. The summed E-state index contributed by atoms with van der Waals surface area (Å²) in [7, 11) is 2.19. The molecule has 1 saturated heterocycles. The first kappa shape index (κ1) is 16.8. The molecule has 1 fully saturated rings. The van der Waals surface area contributed by atoms with E-state index < -0.39 is 0 Å². The first-order valence-electron chi connectivity index (χ1n) is 8.04. The molecule has 0 radical (unpaired) electrons. The van der Waals surface area contributed by atoms with Gasteiger partial charge >= 0.3 is 0 Å². The molecule has 0 atom stereocenters. The summed E-state index contributed by atoms with van der Waals surface area (Å²) in [5.41, 5.74) is 2.65. The van der Waals surface area contributed by atoms with Crippen LogP contribution in [0.5, 0.6) is 0 Å². The summed E-state index contributed by atoms with van der Waals surface area (Å²) in [4.78, 5) is 7.53. The number of hydrogen-bond donors (Lipinski definition) is 0. The lowest BCUT2D eigenvalue weighted by Crippen LogP contribution is -2.43. The van der Waals surface area contributed by atoms with Gasteiger partial charge in [-0.25, -0.2) is 0 Å². The highest BCUT2D eigenvalue weighted by atomic mass is 35.5. The molecule has 0 N–H and O–H groups in total. The lowest BCUT2D eigenvalue weighted by Gasteiger charge is -2.32. The quantitative estimate of drug-likeness (QED) is 0.802. The fourth-order valence-corrected chi connectivity index (χ4v) is 4.01. The zero-order valence-electron chi connectivity index (χ0n) is 13.8. The first-order chi connectivity index (χ1) is 11.1. The maximum Gasteiger partial charge on any atom is 0.0410 e. The van der Waals surface area contributed by atoms with E-state index in [-0.39, 0.29) is 0 Å². The maximum atomic E-state index is 6.26. The highest BCUT2D eigenvalue weighted by Gasteiger charge is 2.16. The summed E-state index contributed by atoms with van der Waals surface area (Å²) in [6.07, 6.45) is 0. The van der Waals surface area contributed by atoms with Gasteiger partial charge in [-0.05, 0) is 49.4 Å². The van der Waals surface area contributed by atoms with Gasteiger partial charge in [0.25, 0.3) is 0 Å². The molecule has 0 bridgehead atoms. The molecule has 0 spiro atoms. The van der Waals surface area contributed by atoms with Gasteiger partial charge in [0, 0.05) is 47.5 Å². The van der Waals surface area contributed by atoms with Crippen molar-refractivity contribution in [1.29, 1.82) is 0 Å². The monoisotopic (exact) mass is 346 g/mol. The molecular formula is C19H23ClN2S. The molecule has 0 amide bonds. The molecule has 122 valence electrons. The summed E-state index contributed by atoms with van der Waals surface area (Å²) in [5, 5.41) is 0.822. The number of halogens is 1. The number of benzene rings is 2. The third kappa shape index (κ3) is 4.51. The molecule has 23 heavy (non-hydrogen) atoms. The highest BCUT2D eigenvalue weighted by molar-refractivity contribution is 7.99. The molecule has 1 aliphatic heterocycles. The van der Waals surface area contributed by atoms with E-state index in [4.69, 9.17) is 11.6 Å². The fourth-order valence-electron chi connectivity index (χ4n) is 2.81. The highest BCUT2D eigenvalue weighted by Crippen LogP contribution is 2.34. The Kier molecular flexibility index (Phi) is 5.65. The molecule has 0 saturated carbocycles. The van der Waals surface area contributed by atoms with Gasteiger partial charge in [-0.2, -0.15) is 0 Å². The van der Waals surface area contributed by atoms with E-state index in [0.717, 1.165) is 37.7 Å². The number of likely N-dealkylation sites (N-methyl/N-ethyl adjacent to an activating group) is 1. The minimum atomic E-state index is 0.822. The van der Waals surface area contributed by atoms with E-state index in [1.165, 1.54) is 20.9 Å². The van der Waals surface area contributed by atoms with E-state index in [2.05, 4.69) is 60.2 Å². The van der Waals surface area contributed by atoms with Crippen molar-refractivity contribution >= 4 is 23.4 Å². The van der Waals surface area contributed by atoms with Crippen LogP contribution in [0.25, 0.3) is 0 Å². The zero-order chi connectivity index (χ0) is 16.2. The molecule has 0 aliphatic carbocycles. The molecule has 1 heterocycles. The van der Waals surface area contributed by atoms with Crippen LogP contribution in [0.3, 0.4) is 0 Å². The molecule has 3 rings (SSSR count). The maximum absolute atomic E-state index is 6.26. The van der Waals surface area contributed by atoms with Gasteiger partial charge in [-0.15, -0.1) is 0 Å². The SMILES string of the molecule is Cc1ccccc1Sc1ccc(Cl)cc1CN1CCN(C)CC1. The Morgan fingerprint density at radius 3 is 2.48 bits per heavy atom. The Morgan fingerprint density at radius 1 is 1.00 bits per heavy atom. The van der Waals surface area contributed by atoms with Crippen LogP contribution in [0.15, 0.2) is 52.3 Å². The lowest BCUT2D eigenvalue weighted by atomic mass is 10.2. The largest absolute Gasteiger partial charge is 0.304 e. The minimum absolute atomic E-state index is 0.822. The number of nitrogens with zero attached hydrogens (tertiary/aromatic N) is 2. The second-order valence-corrected chi connectivity index (χ2v) is 7.72. The number of aryl methyl sites for hydroxylation is 1. The minimum Gasteiger partial charge on any atom is -0.304 e. The Morgan fingerprint density at radius 2 is 1.74 bits per heavy atom. The van der Waals surface area contributed by atoms with Gasteiger partial charge in [0.1, 0.15) is 0 Å². The molecule has 2 aromatic carbocycles. The predicted molar refractivity (Wildman–Crippen MR) is 99.5 cm³/mol. The van der Waals surface area contributed by atoms with Crippen LogP contribution in [0.2, 0.25) is 5.02 Å². The molecule has 0 unspecified atom stereocenters. The molecule has 2 aromatic rings.